The zero-order chi connectivity index (χ0) is 14.8. The molecule has 0 atom stereocenters. The van der Waals surface area contributed by atoms with Gasteiger partial charge in [-0.15, -0.1) is 0 Å². The summed E-state index contributed by atoms with van der Waals surface area (Å²) in [5.74, 6) is 0.667. The Morgan fingerprint density at radius 1 is 1.10 bits per heavy atom. The van der Waals surface area contributed by atoms with E-state index in [1.54, 1.807) is 24.4 Å². The van der Waals surface area contributed by atoms with E-state index in [1.807, 2.05) is 24.3 Å². The summed E-state index contributed by atoms with van der Waals surface area (Å²) in [6, 6.07) is 13.9. The first-order valence-electron chi connectivity index (χ1n) is 6.11. The van der Waals surface area contributed by atoms with E-state index in [4.69, 9.17) is 4.74 Å². The van der Waals surface area contributed by atoms with Gasteiger partial charge in [-0.25, -0.2) is 0 Å². The van der Waals surface area contributed by atoms with E-state index < -0.39 is 4.92 Å². The van der Waals surface area contributed by atoms with Gasteiger partial charge in [0.1, 0.15) is 5.52 Å². The van der Waals surface area contributed by atoms with E-state index >= 15 is 0 Å². The highest BCUT2D eigenvalue weighted by Gasteiger charge is 2.17. The first-order chi connectivity index (χ1) is 10.1. The molecule has 0 saturated carbocycles. The van der Waals surface area contributed by atoms with Crippen molar-refractivity contribution in [2.45, 2.75) is 0 Å². The van der Waals surface area contributed by atoms with Crippen molar-refractivity contribution in [2.24, 2.45) is 0 Å². The average Bonchev–Trinajstić information content (AvgIpc) is 2.49. The van der Waals surface area contributed by atoms with Crippen LogP contribution in [0.15, 0.2) is 59.2 Å². The summed E-state index contributed by atoms with van der Waals surface area (Å²) in [6.07, 6.45) is 1.66. The molecule has 0 spiro atoms. The zero-order valence-electron chi connectivity index (χ0n) is 10.7. The number of nitrogens with zero attached hydrogens (tertiary/aromatic N) is 2. The number of hydrogen-bond acceptors (Lipinski definition) is 4. The molecule has 3 aromatic rings. The molecule has 0 aliphatic heterocycles. The molecule has 0 aliphatic rings. The molecule has 2 aromatic carbocycles. The van der Waals surface area contributed by atoms with Gasteiger partial charge < -0.3 is 4.74 Å². The van der Waals surface area contributed by atoms with Crippen molar-refractivity contribution >= 4 is 32.5 Å². The molecule has 1 aromatic heterocycles. The topological polar surface area (TPSA) is 65.3 Å². The number of nitro benzene ring substituents is 1. The number of para-hydroxylation sites is 1. The smallest absolute Gasteiger partial charge is 0.312 e. The van der Waals surface area contributed by atoms with Gasteiger partial charge in [-0.05, 0) is 24.3 Å². The Hall–Kier alpha value is -2.47. The van der Waals surface area contributed by atoms with Crippen molar-refractivity contribution in [3.05, 3.63) is 69.3 Å². The minimum atomic E-state index is -0.474. The molecule has 1 heterocycles. The summed E-state index contributed by atoms with van der Waals surface area (Å²) in [7, 11) is 0. The minimum absolute atomic E-state index is 0.0997. The number of halogens is 1. The van der Waals surface area contributed by atoms with E-state index in [0.29, 0.717) is 15.7 Å². The first kappa shape index (κ1) is 13.5. The highest BCUT2D eigenvalue weighted by Crippen LogP contribution is 2.35. The van der Waals surface area contributed by atoms with Crippen molar-refractivity contribution in [1.82, 2.24) is 4.98 Å². The van der Waals surface area contributed by atoms with Crippen LogP contribution in [0.2, 0.25) is 0 Å². The largest absolute Gasteiger partial charge is 0.448 e. The first-order valence-corrected chi connectivity index (χ1v) is 6.90. The lowest BCUT2D eigenvalue weighted by atomic mass is 10.2. The van der Waals surface area contributed by atoms with E-state index in [2.05, 4.69) is 20.9 Å². The second-order valence-corrected chi connectivity index (χ2v) is 5.22. The fraction of sp³-hybridized carbons (Fsp3) is 0. The average molecular weight is 345 g/mol. The fourth-order valence-corrected chi connectivity index (χ4v) is 2.35. The third-order valence-corrected chi connectivity index (χ3v) is 3.43. The molecular weight excluding hydrogens is 336 g/mol. The van der Waals surface area contributed by atoms with Crippen LogP contribution in [0.1, 0.15) is 0 Å². The van der Waals surface area contributed by atoms with Gasteiger partial charge in [0, 0.05) is 22.1 Å². The quantitative estimate of drug-likeness (QED) is 0.510. The number of fused-ring (bicyclic) bond motifs is 1. The maximum absolute atomic E-state index is 11.1. The standard InChI is InChI=1S/C15H9BrN2O3/c16-11-6-7-13(12(9-11)18(19)20)21-14-5-1-3-10-4-2-8-17-15(10)14/h1-9H. The molecule has 0 radical (unpaired) electrons. The Morgan fingerprint density at radius 2 is 1.90 bits per heavy atom. The molecule has 21 heavy (non-hydrogen) atoms. The third kappa shape index (κ3) is 2.71. The molecule has 0 N–H and O–H groups in total. The lowest BCUT2D eigenvalue weighted by Crippen LogP contribution is -1.94. The van der Waals surface area contributed by atoms with Crippen LogP contribution in [0.4, 0.5) is 5.69 Å². The molecule has 6 heteroatoms. The predicted molar refractivity (Wildman–Crippen MR) is 82.6 cm³/mol. The lowest BCUT2D eigenvalue weighted by molar-refractivity contribution is -0.385. The molecule has 104 valence electrons. The van der Waals surface area contributed by atoms with Crippen LogP contribution >= 0.6 is 15.9 Å². The van der Waals surface area contributed by atoms with Crippen molar-refractivity contribution < 1.29 is 9.66 Å². The van der Waals surface area contributed by atoms with Crippen LogP contribution < -0.4 is 4.74 Å². The van der Waals surface area contributed by atoms with E-state index in [0.717, 1.165) is 5.39 Å². The molecule has 5 nitrogen and oxygen atoms in total. The summed E-state index contributed by atoms with van der Waals surface area (Å²) in [6.45, 7) is 0. The summed E-state index contributed by atoms with van der Waals surface area (Å²) in [5, 5.41) is 12.0. The van der Waals surface area contributed by atoms with Gasteiger partial charge in [0.05, 0.1) is 4.92 Å². The maximum atomic E-state index is 11.1. The minimum Gasteiger partial charge on any atom is -0.448 e. The van der Waals surface area contributed by atoms with Gasteiger partial charge in [-0.3, -0.25) is 15.1 Å². The number of ether oxygens (including phenoxy) is 1. The molecule has 0 bridgehead atoms. The maximum Gasteiger partial charge on any atom is 0.312 e. The number of hydrogen-bond donors (Lipinski definition) is 0. The molecule has 0 amide bonds. The van der Waals surface area contributed by atoms with E-state index in [-0.39, 0.29) is 11.4 Å². The van der Waals surface area contributed by atoms with Gasteiger partial charge in [-0.2, -0.15) is 0 Å². The Morgan fingerprint density at radius 3 is 2.71 bits per heavy atom. The van der Waals surface area contributed by atoms with Gasteiger partial charge in [-0.1, -0.05) is 34.1 Å². The zero-order valence-corrected chi connectivity index (χ0v) is 12.3. The van der Waals surface area contributed by atoms with Crippen molar-refractivity contribution in [1.29, 1.82) is 0 Å². The second-order valence-electron chi connectivity index (χ2n) is 4.30. The van der Waals surface area contributed by atoms with Crippen LogP contribution in [-0.2, 0) is 0 Å². The summed E-state index contributed by atoms with van der Waals surface area (Å²) < 4.78 is 6.34. The summed E-state index contributed by atoms with van der Waals surface area (Å²) in [4.78, 5) is 14.9. The number of pyridine rings is 1. The predicted octanol–water partition coefficient (Wildman–Crippen LogP) is 4.70. The molecule has 0 unspecified atom stereocenters. The van der Waals surface area contributed by atoms with Crippen molar-refractivity contribution in [3.63, 3.8) is 0 Å². The van der Waals surface area contributed by atoms with Gasteiger partial charge >= 0.3 is 5.69 Å². The van der Waals surface area contributed by atoms with Crippen LogP contribution in [0.25, 0.3) is 10.9 Å². The highest BCUT2D eigenvalue weighted by molar-refractivity contribution is 9.10. The van der Waals surface area contributed by atoms with Gasteiger partial charge in [0.2, 0.25) is 5.75 Å². The Bertz CT molecular complexity index is 831. The molecular formula is C15H9BrN2O3. The summed E-state index contributed by atoms with van der Waals surface area (Å²) in [5.41, 5.74) is 0.564. The second kappa shape index (κ2) is 5.49. The SMILES string of the molecule is O=[N+]([O-])c1cc(Br)ccc1Oc1cccc2cccnc12. The Labute approximate surface area is 128 Å². The fourth-order valence-electron chi connectivity index (χ4n) is 2.00. The van der Waals surface area contributed by atoms with Gasteiger partial charge in [0.15, 0.2) is 5.75 Å². The molecule has 0 saturated heterocycles. The Kier molecular flexibility index (Phi) is 3.53. The highest BCUT2D eigenvalue weighted by atomic mass is 79.9. The molecule has 0 aliphatic carbocycles. The van der Waals surface area contributed by atoms with Gasteiger partial charge in [0.25, 0.3) is 0 Å². The number of nitro groups is 1. The van der Waals surface area contributed by atoms with Crippen LogP contribution in [0, 0.1) is 10.1 Å². The monoisotopic (exact) mass is 344 g/mol. The number of rotatable bonds is 3. The number of aromatic nitrogens is 1. The van der Waals surface area contributed by atoms with Crippen LogP contribution in [0.3, 0.4) is 0 Å². The normalized spacial score (nSPS) is 10.5. The molecule has 3 rings (SSSR count). The third-order valence-electron chi connectivity index (χ3n) is 2.93. The number of benzene rings is 2. The Balaban J connectivity index is 2.09. The van der Waals surface area contributed by atoms with Crippen LogP contribution in [-0.4, -0.2) is 9.91 Å². The van der Waals surface area contributed by atoms with Crippen molar-refractivity contribution in [2.75, 3.05) is 0 Å². The van der Waals surface area contributed by atoms with Crippen LogP contribution in [0.5, 0.6) is 11.5 Å². The lowest BCUT2D eigenvalue weighted by Gasteiger charge is -2.08. The van der Waals surface area contributed by atoms with E-state index in [1.165, 1.54) is 6.07 Å². The summed E-state index contributed by atoms with van der Waals surface area (Å²) >= 11 is 3.22. The van der Waals surface area contributed by atoms with Crippen molar-refractivity contribution in [3.8, 4) is 11.5 Å². The van der Waals surface area contributed by atoms with E-state index in [9.17, 15) is 10.1 Å². The molecule has 0 fully saturated rings.